The van der Waals surface area contributed by atoms with Crippen LogP contribution in [0.4, 0.5) is 0 Å². The van der Waals surface area contributed by atoms with Crippen LogP contribution in [0.25, 0.3) is 0 Å². The average molecular weight is 317 g/mol. The third-order valence-electron chi connectivity index (χ3n) is 4.61. The summed E-state index contributed by atoms with van der Waals surface area (Å²) in [4.78, 5) is 30.3. The maximum Gasteiger partial charge on any atom is 0.352 e. The van der Waals surface area contributed by atoms with Crippen LogP contribution in [0.1, 0.15) is 6.42 Å². The van der Waals surface area contributed by atoms with Crippen LogP contribution in [-0.2, 0) is 9.59 Å². The maximum atomic E-state index is 12.1. The van der Waals surface area contributed by atoms with Crippen LogP contribution in [0.5, 0.6) is 0 Å². The van der Waals surface area contributed by atoms with E-state index in [2.05, 4.69) is 10.3 Å². The molecule has 2 fully saturated rings. The molecule has 3 atom stereocenters. The summed E-state index contributed by atoms with van der Waals surface area (Å²) in [7, 11) is 0. The lowest BCUT2D eigenvalue weighted by molar-refractivity contribution is -0.154. The van der Waals surface area contributed by atoms with Crippen molar-refractivity contribution in [2.45, 2.75) is 23.4 Å². The van der Waals surface area contributed by atoms with Crippen molar-refractivity contribution in [2.24, 2.45) is 5.92 Å². The number of hydrogen-bond donors (Lipinski definition) is 2. The van der Waals surface area contributed by atoms with Gasteiger partial charge < -0.3 is 10.4 Å². The van der Waals surface area contributed by atoms with Crippen molar-refractivity contribution < 1.29 is 14.7 Å². The molecule has 0 radical (unpaired) electrons. The van der Waals surface area contributed by atoms with Gasteiger partial charge in [-0.2, -0.15) is 0 Å². The van der Waals surface area contributed by atoms with Gasteiger partial charge in [-0.3, -0.25) is 14.7 Å². The predicted molar refractivity (Wildman–Crippen MR) is 80.2 cm³/mol. The van der Waals surface area contributed by atoms with Crippen molar-refractivity contribution in [3.63, 3.8) is 0 Å². The third kappa shape index (κ3) is 1.89. The van der Waals surface area contributed by atoms with Crippen LogP contribution >= 0.6 is 11.8 Å². The van der Waals surface area contributed by atoms with Gasteiger partial charge in [-0.1, -0.05) is 0 Å². The number of thioether (sulfide) groups is 1. The standard InChI is InChI=1S/C15H15N3O3S/c19-14-11-12-9(3-6-17-11)10(13(15(20)21)18(12)14)7-22-8-1-4-16-5-2-8/h1-2,4-5,9,11-12,17H,3,6-7H2,(H,20,21)/t9?,11-,12?/m0/s1. The van der Waals surface area contributed by atoms with Crippen molar-refractivity contribution in [2.75, 3.05) is 12.3 Å². The number of rotatable bonds is 4. The van der Waals surface area contributed by atoms with Gasteiger partial charge in [0.15, 0.2) is 0 Å². The smallest absolute Gasteiger partial charge is 0.352 e. The number of carboxylic acids is 1. The Morgan fingerprint density at radius 3 is 2.95 bits per heavy atom. The van der Waals surface area contributed by atoms with E-state index < -0.39 is 5.97 Å². The van der Waals surface area contributed by atoms with Gasteiger partial charge >= 0.3 is 5.97 Å². The molecule has 3 aliphatic rings. The minimum absolute atomic E-state index is 0.000361. The maximum absolute atomic E-state index is 12.1. The van der Waals surface area contributed by atoms with E-state index in [9.17, 15) is 14.7 Å². The van der Waals surface area contributed by atoms with Crippen LogP contribution in [0.15, 0.2) is 40.7 Å². The number of β-lactam (4-membered cyclic amide) rings is 1. The number of piperidine rings is 1. The number of nitrogens with one attached hydrogen (secondary N) is 1. The van der Waals surface area contributed by atoms with Crippen LogP contribution in [-0.4, -0.2) is 51.2 Å². The van der Waals surface area contributed by atoms with Gasteiger partial charge in [0.1, 0.15) is 11.7 Å². The molecule has 2 saturated heterocycles. The number of amides is 1. The third-order valence-corrected chi connectivity index (χ3v) is 5.68. The summed E-state index contributed by atoms with van der Waals surface area (Å²) in [5, 5.41) is 12.7. The molecule has 6 nitrogen and oxygen atoms in total. The average Bonchev–Trinajstić information content (AvgIpc) is 2.87. The zero-order chi connectivity index (χ0) is 15.3. The van der Waals surface area contributed by atoms with Crippen LogP contribution in [0, 0.1) is 5.92 Å². The molecule has 1 amide bonds. The lowest BCUT2D eigenvalue weighted by atomic mass is 9.80. The first-order valence-corrected chi connectivity index (χ1v) is 8.22. The number of carbonyl (C=O) groups excluding carboxylic acids is 1. The van der Waals surface area contributed by atoms with Crippen molar-refractivity contribution >= 4 is 23.6 Å². The number of hydrogen-bond acceptors (Lipinski definition) is 5. The van der Waals surface area contributed by atoms with Gasteiger partial charge in [-0.15, -0.1) is 11.8 Å². The van der Waals surface area contributed by atoms with Gasteiger partial charge in [-0.25, -0.2) is 4.79 Å². The molecule has 22 heavy (non-hydrogen) atoms. The second kappa shape index (κ2) is 5.10. The number of aromatic nitrogens is 1. The fourth-order valence-corrected chi connectivity index (χ4v) is 4.66. The molecule has 0 aliphatic carbocycles. The molecule has 7 heteroatoms. The van der Waals surface area contributed by atoms with Crippen LogP contribution in [0.2, 0.25) is 0 Å². The molecule has 0 bridgehead atoms. The molecule has 114 valence electrons. The Hall–Kier alpha value is -1.86. The highest BCUT2D eigenvalue weighted by Gasteiger charge is 2.60. The quantitative estimate of drug-likeness (QED) is 0.629. The number of carboxylic acid groups (broad SMARTS) is 1. The molecule has 0 saturated carbocycles. The number of aliphatic carboxylic acids is 1. The summed E-state index contributed by atoms with van der Waals surface area (Å²) in [5.41, 5.74) is 1.11. The minimum atomic E-state index is -0.994. The Bertz CT molecular complexity index is 676. The molecule has 1 aromatic heterocycles. The highest BCUT2D eigenvalue weighted by molar-refractivity contribution is 7.99. The monoisotopic (exact) mass is 317 g/mol. The highest BCUT2D eigenvalue weighted by Crippen LogP contribution is 2.47. The Balaban J connectivity index is 1.63. The van der Waals surface area contributed by atoms with Crippen molar-refractivity contribution in [1.29, 1.82) is 0 Å². The molecule has 2 unspecified atom stereocenters. The predicted octanol–water partition coefficient (Wildman–Crippen LogP) is 0.715. The lowest BCUT2D eigenvalue weighted by Gasteiger charge is -2.48. The largest absolute Gasteiger partial charge is 0.477 e. The molecule has 0 aromatic carbocycles. The van der Waals surface area contributed by atoms with Gasteiger partial charge in [0.2, 0.25) is 5.91 Å². The Labute approximate surface area is 131 Å². The second-order valence-electron chi connectivity index (χ2n) is 5.68. The first-order valence-electron chi connectivity index (χ1n) is 7.24. The van der Waals surface area contributed by atoms with E-state index in [0.29, 0.717) is 5.75 Å². The topological polar surface area (TPSA) is 82.5 Å². The molecular weight excluding hydrogens is 302 g/mol. The van der Waals surface area contributed by atoms with E-state index in [1.807, 2.05) is 12.1 Å². The van der Waals surface area contributed by atoms with Gasteiger partial charge in [0.25, 0.3) is 0 Å². The fraction of sp³-hybridized carbons (Fsp3) is 0.400. The molecule has 1 aromatic rings. The first kappa shape index (κ1) is 13.8. The highest BCUT2D eigenvalue weighted by atomic mass is 32.2. The minimum Gasteiger partial charge on any atom is -0.477 e. The Morgan fingerprint density at radius 2 is 2.23 bits per heavy atom. The fourth-order valence-electron chi connectivity index (χ4n) is 3.68. The van der Waals surface area contributed by atoms with E-state index in [-0.39, 0.29) is 29.6 Å². The summed E-state index contributed by atoms with van der Waals surface area (Å²) in [5.74, 6) is -0.324. The van der Waals surface area contributed by atoms with Gasteiger partial charge in [-0.05, 0) is 30.7 Å². The number of pyridine rings is 1. The molecular formula is C15H15N3O3S. The van der Waals surface area contributed by atoms with Crippen molar-refractivity contribution in [3.05, 3.63) is 35.8 Å². The van der Waals surface area contributed by atoms with E-state index in [1.54, 1.807) is 24.2 Å². The summed E-state index contributed by atoms with van der Waals surface area (Å²) in [6.45, 7) is 0.766. The summed E-state index contributed by atoms with van der Waals surface area (Å²) >= 11 is 1.60. The lowest BCUT2D eigenvalue weighted by Crippen LogP contribution is -2.71. The SMILES string of the molecule is O=C(O)C1=C(CSc2ccncc2)C2CCN[C@@H]3C(=O)N1C23. The number of carbonyl (C=O) groups is 2. The Morgan fingerprint density at radius 1 is 1.45 bits per heavy atom. The summed E-state index contributed by atoms with van der Waals surface area (Å²) in [6.07, 6.45) is 4.33. The van der Waals surface area contributed by atoms with E-state index in [0.717, 1.165) is 23.4 Å². The summed E-state index contributed by atoms with van der Waals surface area (Å²) < 4.78 is 0. The second-order valence-corrected chi connectivity index (χ2v) is 6.73. The first-order chi connectivity index (χ1) is 10.7. The molecule has 4 rings (SSSR count). The van der Waals surface area contributed by atoms with E-state index in [1.165, 1.54) is 4.90 Å². The van der Waals surface area contributed by atoms with Crippen molar-refractivity contribution in [1.82, 2.24) is 15.2 Å². The van der Waals surface area contributed by atoms with Gasteiger partial charge in [0, 0.05) is 29.0 Å². The molecule has 4 heterocycles. The molecule has 3 aliphatic heterocycles. The van der Waals surface area contributed by atoms with Crippen molar-refractivity contribution in [3.8, 4) is 0 Å². The number of nitrogens with zero attached hydrogens (tertiary/aromatic N) is 2. The molecule has 0 spiro atoms. The van der Waals surface area contributed by atoms with Crippen LogP contribution in [0.3, 0.4) is 0 Å². The molecule has 2 N–H and O–H groups in total. The summed E-state index contributed by atoms with van der Waals surface area (Å²) in [6, 6.07) is 3.62. The van der Waals surface area contributed by atoms with E-state index in [4.69, 9.17) is 0 Å². The normalized spacial score (nSPS) is 29.4. The zero-order valence-corrected chi connectivity index (χ0v) is 12.5. The zero-order valence-electron chi connectivity index (χ0n) is 11.7. The van der Waals surface area contributed by atoms with Gasteiger partial charge in [0.05, 0.1) is 6.04 Å². The Kier molecular flexibility index (Phi) is 3.19. The van der Waals surface area contributed by atoms with E-state index >= 15 is 0 Å². The van der Waals surface area contributed by atoms with Crippen LogP contribution < -0.4 is 5.32 Å².